The minimum absolute atomic E-state index is 0. The second-order valence-electron chi connectivity index (χ2n) is 5.92. The van der Waals surface area contributed by atoms with E-state index in [1.54, 1.807) is 7.05 Å². The van der Waals surface area contributed by atoms with Crippen LogP contribution in [0.25, 0.3) is 0 Å². The Kier molecular flexibility index (Phi) is 7.71. The molecule has 0 bridgehead atoms. The molecule has 2 N–H and O–H groups in total. The van der Waals surface area contributed by atoms with E-state index in [1.165, 1.54) is 11.1 Å². The van der Waals surface area contributed by atoms with E-state index in [2.05, 4.69) is 61.7 Å². The van der Waals surface area contributed by atoms with Crippen LogP contribution >= 0.6 is 24.0 Å². The number of aryl methyl sites for hydroxylation is 1. The van der Waals surface area contributed by atoms with Crippen molar-refractivity contribution < 1.29 is 0 Å². The van der Waals surface area contributed by atoms with Crippen LogP contribution in [0, 0.1) is 0 Å². The van der Waals surface area contributed by atoms with Crippen molar-refractivity contribution in [3.05, 3.63) is 78.1 Å². The largest absolute Gasteiger partial charge is 0.357 e. The fraction of sp³-hybridized carbons (Fsp3) is 0.263. The van der Waals surface area contributed by atoms with E-state index in [1.807, 2.05) is 36.3 Å². The Balaban J connectivity index is 0.00000243. The Labute approximate surface area is 171 Å². The minimum atomic E-state index is 0. The Morgan fingerprint density at radius 1 is 1.04 bits per heavy atom. The monoisotopic (exact) mass is 464 g/mol. The number of aliphatic imine (C=N–C) groups is 1. The molecule has 138 valence electrons. The van der Waals surface area contributed by atoms with Crippen molar-refractivity contribution in [2.75, 3.05) is 7.05 Å². The molecule has 0 aliphatic rings. The van der Waals surface area contributed by atoms with Gasteiger partial charge in [-0.1, -0.05) is 30.3 Å². The Morgan fingerprint density at radius 3 is 2.50 bits per heavy atom. The maximum absolute atomic E-state index is 4.45. The van der Waals surface area contributed by atoms with Crippen LogP contribution in [-0.2, 0) is 26.7 Å². The van der Waals surface area contributed by atoms with Crippen LogP contribution in [0.15, 0.2) is 66.2 Å². The number of rotatable bonds is 6. The Hall–Kier alpha value is -2.29. The number of guanidine groups is 1. The molecular formula is C19H25IN6. The molecule has 3 rings (SSSR count). The summed E-state index contributed by atoms with van der Waals surface area (Å²) < 4.78 is 4.18. The quantitative estimate of drug-likeness (QED) is 0.335. The molecule has 0 saturated carbocycles. The molecule has 0 unspecified atom stereocenters. The molecule has 2 heterocycles. The first-order chi connectivity index (χ1) is 12.2. The first kappa shape index (κ1) is 20.0. The summed E-state index contributed by atoms with van der Waals surface area (Å²) in [6, 6.07) is 12.5. The van der Waals surface area contributed by atoms with Crippen LogP contribution in [-0.4, -0.2) is 27.1 Å². The van der Waals surface area contributed by atoms with Crippen molar-refractivity contribution in [3.63, 3.8) is 0 Å². The lowest BCUT2D eigenvalue weighted by atomic mass is 10.2. The summed E-state index contributed by atoms with van der Waals surface area (Å²) in [5.74, 6) is 1.74. The van der Waals surface area contributed by atoms with Crippen LogP contribution in [0.3, 0.4) is 0 Å². The third kappa shape index (κ3) is 5.62. The van der Waals surface area contributed by atoms with Gasteiger partial charge >= 0.3 is 0 Å². The second-order valence-corrected chi connectivity index (χ2v) is 5.92. The predicted molar refractivity (Wildman–Crippen MR) is 116 cm³/mol. The molecule has 0 aliphatic carbocycles. The molecule has 26 heavy (non-hydrogen) atoms. The van der Waals surface area contributed by atoms with Crippen LogP contribution in [0.2, 0.25) is 0 Å². The van der Waals surface area contributed by atoms with E-state index < -0.39 is 0 Å². The minimum Gasteiger partial charge on any atom is -0.357 e. The van der Waals surface area contributed by atoms with Crippen LogP contribution in [0.1, 0.15) is 17.0 Å². The van der Waals surface area contributed by atoms with Crippen molar-refractivity contribution in [1.29, 1.82) is 0 Å². The van der Waals surface area contributed by atoms with E-state index in [4.69, 9.17) is 0 Å². The fourth-order valence-corrected chi connectivity index (χ4v) is 2.67. The topological polar surface area (TPSA) is 59.2 Å². The number of nitrogens with one attached hydrogen (secondary N) is 2. The van der Waals surface area contributed by atoms with E-state index in [9.17, 15) is 0 Å². The van der Waals surface area contributed by atoms with Gasteiger partial charge in [-0.2, -0.15) is 0 Å². The number of halogens is 1. The average molecular weight is 464 g/mol. The second kappa shape index (κ2) is 10.0. The number of hydrogen-bond donors (Lipinski definition) is 2. The zero-order chi connectivity index (χ0) is 17.5. The van der Waals surface area contributed by atoms with Gasteiger partial charge in [-0.15, -0.1) is 24.0 Å². The Bertz CT molecular complexity index is 821. The van der Waals surface area contributed by atoms with Gasteiger partial charge in [0.2, 0.25) is 0 Å². The molecule has 0 fully saturated rings. The first-order valence-electron chi connectivity index (χ1n) is 8.34. The number of imidazole rings is 1. The first-order valence-corrected chi connectivity index (χ1v) is 8.34. The van der Waals surface area contributed by atoms with Crippen molar-refractivity contribution in [2.24, 2.45) is 12.0 Å². The van der Waals surface area contributed by atoms with Crippen LogP contribution in [0.4, 0.5) is 0 Å². The summed E-state index contributed by atoms with van der Waals surface area (Å²) in [4.78, 5) is 8.73. The van der Waals surface area contributed by atoms with Gasteiger partial charge < -0.3 is 19.8 Å². The maximum Gasteiger partial charge on any atom is 0.191 e. The van der Waals surface area contributed by atoms with Crippen molar-refractivity contribution in [3.8, 4) is 0 Å². The van der Waals surface area contributed by atoms with Gasteiger partial charge in [-0.3, -0.25) is 4.99 Å². The number of benzene rings is 1. The summed E-state index contributed by atoms with van der Waals surface area (Å²) in [5, 5.41) is 6.64. The van der Waals surface area contributed by atoms with Gasteiger partial charge in [0.25, 0.3) is 0 Å². The molecule has 2 aromatic heterocycles. The van der Waals surface area contributed by atoms with Crippen molar-refractivity contribution in [1.82, 2.24) is 24.8 Å². The van der Waals surface area contributed by atoms with Gasteiger partial charge in [0.15, 0.2) is 5.96 Å². The van der Waals surface area contributed by atoms with Gasteiger partial charge in [0.1, 0.15) is 5.82 Å². The highest BCUT2D eigenvalue weighted by molar-refractivity contribution is 14.0. The highest BCUT2D eigenvalue weighted by Crippen LogP contribution is 2.05. The lowest BCUT2D eigenvalue weighted by Gasteiger charge is -2.12. The zero-order valence-corrected chi connectivity index (χ0v) is 17.4. The van der Waals surface area contributed by atoms with E-state index >= 15 is 0 Å². The molecule has 0 radical (unpaired) electrons. The normalized spacial score (nSPS) is 11.1. The molecule has 1 aromatic carbocycles. The van der Waals surface area contributed by atoms with Gasteiger partial charge in [-0.25, -0.2) is 4.98 Å². The van der Waals surface area contributed by atoms with Crippen molar-refractivity contribution >= 4 is 29.9 Å². The van der Waals surface area contributed by atoms with E-state index in [0.29, 0.717) is 6.54 Å². The Morgan fingerprint density at radius 2 is 1.81 bits per heavy atom. The molecule has 7 heteroatoms. The van der Waals surface area contributed by atoms with Gasteiger partial charge in [0.05, 0.1) is 6.54 Å². The number of nitrogens with zero attached hydrogens (tertiary/aromatic N) is 4. The van der Waals surface area contributed by atoms with Crippen LogP contribution in [0.5, 0.6) is 0 Å². The molecule has 0 saturated heterocycles. The maximum atomic E-state index is 4.45. The number of hydrogen-bond acceptors (Lipinski definition) is 2. The summed E-state index contributed by atoms with van der Waals surface area (Å²) in [5.41, 5.74) is 2.48. The molecule has 0 amide bonds. The van der Waals surface area contributed by atoms with E-state index in [0.717, 1.165) is 24.9 Å². The third-order valence-corrected chi connectivity index (χ3v) is 3.99. The summed E-state index contributed by atoms with van der Waals surface area (Å²) in [6.07, 6.45) is 7.96. The van der Waals surface area contributed by atoms with Crippen molar-refractivity contribution in [2.45, 2.75) is 19.6 Å². The standard InChI is InChI=1S/C19H24N6.HI/c1-20-19(22-12-17-8-10-24(2)14-17)23-13-18-21-9-11-25(18)15-16-6-4-3-5-7-16;/h3-11,14H,12-13,15H2,1-2H3,(H2,20,22,23);1H. The third-order valence-electron chi connectivity index (χ3n) is 3.99. The summed E-state index contributed by atoms with van der Waals surface area (Å²) in [6.45, 7) is 2.17. The SMILES string of the molecule is CN=C(NCc1ccn(C)c1)NCc1nccn1Cc1ccccc1.I. The van der Waals surface area contributed by atoms with Gasteiger partial charge in [-0.05, 0) is 17.2 Å². The predicted octanol–water partition coefficient (Wildman–Crippen LogP) is 2.75. The fourth-order valence-electron chi connectivity index (χ4n) is 2.67. The zero-order valence-electron chi connectivity index (χ0n) is 15.1. The summed E-state index contributed by atoms with van der Waals surface area (Å²) >= 11 is 0. The average Bonchev–Trinajstić information content (AvgIpc) is 3.25. The molecule has 3 aromatic rings. The summed E-state index contributed by atoms with van der Waals surface area (Å²) in [7, 11) is 3.79. The smallest absolute Gasteiger partial charge is 0.191 e. The molecule has 0 atom stereocenters. The molecule has 0 aliphatic heterocycles. The molecule has 0 spiro atoms. The van der Waals surface area contributed by atoms with E-state index in [-0.39, 0.29) is 24.0 Å². The van der Waals surface area contributed by atoms with Crippen LogP contribution < -0.4 is 10.6 Å². The van der Waals surface area contributed by atoms with Gasteiger partial charge in [0, 0.05) is 52.0 Å². The lowest BCUT2D eigenvalue weighted by Crippen LogP contribution is -2.36. The highest BCUT2D eigenvalue weighted by Gasteiger charge is 2.05. The number of aromatic nitrogens is 3. The molecule has 6 nitrogen and oxygen atoms in total. The molecular weight excluding hydrogens is 439 g/mol. The lowest BCUT2D eigenvalue weighted by molar-refractivity contribution is 0.688. The highest BCUT2D eigenvalue weighted by atomic mass is 127.